The first kappa shape index (κ1) is 17.1. The molecule has 0 spiro atoms. The van der Waals surface area contributed by atoms with E-state index in [2.05, 4.69) is 20.8 Å². The van der Waals surface area contributed by atoms with Crippen molar-refractivity contribution in [2.75, 3.05) is 0 Å². The first-order valence-electron chi connectivity index (χ1n) is 5.80. The van der Waals surface area contributed by atoms with Crippen molar-refractivity contribution in [2.45, 2.75) is 39.2 Å². The number of carboxylic acid groups (broad SMARTS) is 2. The summed E-state index contributed by atoms with van der Waals surface area (Å²) in [7, 11) is 0. The van der Waals surface area contributed by atoms with Gasteiger partial charge in [0.1, 0.15) is 6.10 Å². The molecule has 106 valence electrons. The summed E-state index contributed by atoms with van der Waals surface area (Å²) >= 11 is 0. The highest BCUT2D eigenvalue weighted by atomic mass is 16.4. The second-order valence-electron chi connectivity index (χ2n) is 5.15. The van der Waals surface area contributed by atoms with E-state index in [1.165, 1.54) is 6.92 Å². The van der Waals surface area contributed by atoms with Crippen molar-refractivity contribution >= 4 is 11.9 Å². The van der Waals surface area contributed by atoms with Gasteiger partial charge in [0.25, 0.3) is 0 Å². The lowest BCUT2D eigenvalue weighted by atomic mass is 9.87. The molecule has 0 saturated heterocycles. The Labute approximate surface area is 112 Å². The molecule has 1 unspecified atom stereocenters. The summed E-state index contributed by atoms with van der Waals surface area (Å²) in [5, 5.41) is 24.4. The molecule has 5 heteroatoms. The van der Waals surface area contributed by atoms with E-state index < -0.39 is 18.0 Å². The number of hydrogen-bond donors (Lipinski definition) is 3. The largest absolute Gasteiger partial charge is 0.479 e. The van der Waals surface area contributed by atoms with Gasteiger partial charge in [-0.15, -0.1) is 0 Å². The molecule has 1 aromatic rings. The second-order valence-corrected chi connectivity index (χ2v) is 5.15. The van der Waals surface area contributed by atoms with Gasteiger partial charge in [0.2, 0.25) is 0 Å². The summed E-state index contributed by atoms with van der Waals surface area (Å²) in [6.07, 6.45) is -1.23. The van der Waals surface area contributed by atoms with Gasteiger partial charge in [-0.2, -0.15) is 0 Å². The lowest BCUT2D eigenvalue weighted by Crippen LogP contribution is -2.13. The molecule has 0 radical (unpaired) electrons. The molecule has 0 aromatic heterocycles. The van der Waals surface area contributed by atoms with Gasteiger partial charge in [-0.25, -0.2) is 9.59 Å². The lowest BCUT2D eigenvalue weighted by molar-refractivity contribution is -0.145. The SMILES string of the molecule is CC(C)(C)c1ccc(C(=O)O)cc1.CC(O)C(=O)O. The molecule has 0 bridgehead atoms. The monoisotopic (exact) mass is 268 g/mol. The van der Waals surface area contributed by atoms with Crippen molar-refractivity contribution < 1.29 is 24.9 Å². The summed E-state index contributed by atoms with van der Waals surface area (Å²) in [5.74, 6) is -2.06. The van der Waals surface area contributed by atoms with Crippen LogP contribution >= 0.6 is 0 Å². The van der Waals surface area contributed by atoms with E-state index in [1.807, 2.05) is 12.1 Å². The average Bonchev–Trinajstić information content (AvgIpc) is 2.28. The Morgan fingerprint density at radius 3 is 1.63 bits per heavy atom. The molecule has 0 heterocycles. The van der Waals surface area contributed by atoms with Gasteiger partial charge in [-0.05, 0) is 30.0 Å². The molecule has 0 fully saturated rings. The van der Waals surface area contributed by atoms with Gasteiger partial charge in [0, 0.05) is 0 Å². The third-order valence-corrected chi connectivity index (χ3v) is 2.36. The highest BCUT2D eigenvalue weighted by molar-refractivity contribution is 5.87. The van der Waals surface area contributed by atoms with Crippen LogP contribution in [-0.2, 0) is 10.2 Å². The molecule has 0 aliphatic rings. The lowest BCUT2D eigenvalue weighted by Gasteiger charge is -2.18. The molecule has 0 aliphatic carbocycles. The Hall–Kier alpha value is -1.88. The van der Waals surface area contributed by atoms with Crippen LogP contribution < -0.4 is 0 Å². The van der Waals surface area contributed by atoms with Crippen LogP contribution in [0, 0.1) is 0 Å². The summed E-state index contributed by atoms with van der Waals surface area (Å²) in [6, 6.07) is 7.01. The van der Waals surface area contributed by atoms with Crippen LogP contribution in [-0.4, -0.2) is 33.4 Å². The smallest absolute Gasteiger partial charge is 0.335 e. The summed E-state index contributed by atoms with van der Waals surface area (Å²) in [4.78, 5) is 20.0. The van der Waals surface area contributed by atoms with Gasteiger partial charge in [-0.1, -0.05) is 32.9 Å². The number of aromatic carboxylic acids is 1. The van der Waals surface area contributed by atoms with Crippen molar-refractivity contribution in [1.29, 1.82) is 0 Å². The van der Waals surface area contributed by atoms with E-state index in [9.17, 15) is 9.59 Å². The molecule has 1 atom stereocenters. The van der Waals surface area contributed by atoms with Crippen molar-refractivity contribution in [3.05, 3.63) is 35.4 Å². The zero-order chi connectivity index (χ0) is 15.2. The number of carboxylic acids is 2. The fraction of sp³-hybridized carbons (Fsp3) is 0.429. The molecular weight excluding hydrogens is 248 g/mol. The van der Waals surface area contributed by atoms with E-state index in [-0.39, 0.29) is 5.41 Å². The van der Waals surface area contributed by atoms with Crippen LogP contribution in [0.25, 0.3) is 0 Å². The Kier molecular flexibility index (Phi) is 6.21. The van der Waals surface area contributed by atoms with Crippen molar-refractivity contribution in [1.82, 2.24) is 0 Å². The number of benzene rings is 1. The fourth-order valence-electron chi connectivity index (χ4n) is 1.11. The van der Waals surface area contributed by atoms with Crippen molar-refractivity contribution in [3.8, 4) is 0 Å². The van der Waals surface area contributed by atoms with Crippen molar-refractivity contribution in [3.63, 3.8) is 0 Å². The second kappa shape index (κ2) is 6.89. The van der Waals surface area contributed by atoms with Gasteiger partial charge in [-0.3, -0.25) is 0 Å². The number of carbonyl (C=O) groups is 2. The van der Waals surface area contributed by atoms with Gasteiger partial charge < -0.3 is 15.3 Å². The molecule has 0 amide bonds. The summed E-state index contributed by atoms with van der Waals surface area (Å²) < 4.78 is 0. The molecule has 1 aromatic carbocycles. The van der Waals surface area contributed by atoms with Gasteiger partial charge >= 0.3 is 11.9 Å². The fourth-order valence-corrected chi connectivity index (χ4v) is 1.11. The predicted molar refractivity (Wildman–Crippen MR) is 71.4 cm³/mol. The van der Waals surface area contributed by atoms with Crippen LogP contribution in [0.15, 0.2) is 24.3 Å². The summed E-state index contributed by atoms with van der Waals surface area (Å²) in [6.45, 7) is 7.50. The van der Waals surface area contributed by atoms with E-state index >= 15 is 0 Å². The van der Waals surface area contributed by atoms with Gasteiger partial charge in [0.15, 0.2) is 0 Å². The van der Waals surface area contributed by atoms with E-state index in [0.29, 0.717) is 5.56 Å². The third-order valence-electron chi connectivity index (χ3n) is 2.36. The van der Waals surface area contributed by atoms with Crippen LogP contribution in [0.4, 0.5) is 0 Å². The minimum absolute atomic E-state index is 0.0804. The zero-order valence-electron chi connectivity index (χ0n) is 11.5. The normalized spacial score (nSPS) is 12.1. The number of rotatable bonds is 2. The topological polar surface area (TPSA) is 94.8 Å². The number of hydrogen-bond acceptors (Lipinski definition) is 3. The molecule has 0 aliphatic heterocycles. The number of aliphatic hydroxyl groups is 1. The molecular formula is C14H20O5. The Balaban J connectivity index is 0.000000459. The maximum absolute atomic E-state index is 10.6. The first-order chi connectivity index (χ1) is 8.55. The minimum Gasteiger partial charge on any atom is -0.479 e. The number of aliphatic hydroxyl groups excluding tert-OH is 1. The summed E-state index contributed by atoms with van der Waals surface area (Å²) in [5.41, 5.74) is 1.57. The van der Waals surface area contributed by atoms with E-state index in [0.717, 1.165) is 5.56 Å². The quantitative estimate of drug-likeness (QED) is 0.763. The minimum atomic E-state index is -1.23. The standard InChI is InChI=1S/C11H14O2.C3H6O3/c1-11(2,3)9-6-4-8(5-7-9)10(12)13;1-2(4)3(5)6/h4-7H,1-3H3,(H,12,13);2,4H,1H3,(H,5,6). The zero-order valence-corrected chi connectivity index (χ0v) is 11.5. The van der Waals surface area contributed by atoms with Crippen LogP contribution in [0.5, 0.6) is 0 Å². The molecule has 5 nitrogen and oxygen atoms in total. The highest BCUT2D eigenvalue weighted by Gasteiger charge is 2.13. The molecule has 19 heavy (non-hydrogen) atoms. The van der Waals surface area contributed by atoms with E-state index in [1.54, 1.807) is 12.1 Å². The van der Waals surface area contributed by atoms with Crippen LogP contribution in [0.3, 0.4) is 0 Å². The molecule has 1 rings (SSSR count). The highest BCUT2D eigenvalue weighted by Crippen LogP contribution is 2.21. The maximum Gasteiger partial charge on any atom is 0.335 e. The Morgan fingerprint density at radius 2 is 1.42 bits per heavy atom. The maximum atomic E-state index is 10.6. The van der Waals surface area contributed by atoms with Crippen molar-refractivity contribution in [2.24, 2.45) is 0 Å². The molecule has 0 saturated carbocycles. The van der Waals surface area contributed by atoms with E-state index in [4.69, 9.17) is 15.3 Å². The first-order valence-corrected chi connectivity index (χ1v) is 5.80. The van der Waals surface area contributed by atoms with Crippen LogP contribution in [0.1, 0.15) is 43.6 Å². The molecule has 3 N–H and O–H groups in total. The van der Waals surface area contributed by atoms with Crippen LogP contribution in [0.2, 0.25) is 0 Å². The van der Waals surface area contributed by atoms with Gasteiger partial charge in [0.05, 0.1) is 5.56 Å². The third kappa shape index (κ3) is 6.57. The Morgan fingerprint density at radius 1 is 1.05 bits per heavy atom. The number of aliphatic carboxylic acids is 1. The average molecular weight is 268 g/mol. The predicted octanol–water partition coefficient (Wildman–Crippen LogP) is 2.13. The Bertz CT molecular complexity index is 426.